The molecule has 0 aliphatic carbocycles. The molecule has 2 N–H and O–H groups in total. The molecule has 8 heteroatoms. The van der Waals surface area contributed by atoms with E-state index >= 15 is 0 Å². The van der Waals surface area contributed by atoms with Crippen molar-refractivity contribution in [3.05, 3.63) is 130 Å². The quantitative estimate of drug-likeness (QED) is 0.223. The Kier molecular flexibility index (Phi) is 7.17. The summed E-state index contributed by atoms with van der Waals surface area (Å²) in [6, 6.07) is 22.3. The standard InChI is InChI=1S/C31H23ClF2N2O3/c1-18(20-5-7-21(8-6-20)31(38)39)35-30(37)26-15-24(22-9-10-27(33)28(34)16-22)14-23-11-12-36(29(23)26)17-19-3-2-4-25(32)13-19/h2-16,18H,17H2,1H3,(H,35,37)(H,38,39)/t18-/m0/s1. The van der Waals surface area contributed by atoms with Gasteiger partial charge >= 0.3 is 5.97 Å². The molecule has 0 aliphatic rings. The predicted molar refractivity (Wildman–Crippen MR) is 147 cm³/mol. The number of hydrogen-bond donors (Lipinski definition) is 2. The minimum absolute atomic E-state index is 0.150. The van der Waals surface area contributed by atoms with Gasteiger partial charge in [0.1, 0.15) is 0 Å². The second kappa shape index (κ2) is 10.7. The number of carbonyl (C=O) groups excluding carboxylic acids is 1. The van der Waals surface area contributed by atoms with E-state index in [0.29, 0.717) is 33.8 Å². The minimum Gasteiger partial charge on any atom is -0.478 e. The number of carboxylic acid groups (broad SMARTS) is 1. The molecule has 39 heavy (non-hydrogen) atoms. The first kappa shape index (κ1) is 26.1. The second-order valence-corrected chi connectivity index (χ2v) is 9.72. The van der Waals surface area contributed by atoms with Crippen LogP contribution >= 0.6 is 11.6 Å². The summed E-state index contributed by atoms with van der Waals surface area (Å²) in [6.07, 6.45) is 1.87. The summed E-state index contributed by atoms with van der Waals surface area (Å²) in [5.41, 5.74) is 3.85. The Morgan fingerprint density at radius 2 is 1.69 bits per heavy atom. The maximum Gasteiger partial charge on any atom is 0.335 e. The van der Waals surface area contributed by atoms with Crippen molar-refractivity contribution in [1.29, 1.82) is 0 Å². The Hall–Kier alpha value is -4.49. The number of carboxylic acids is 1. The fourth-order valence-corrected chi connectivity index (χ4v) is 4.81. The molecule has 0 saturated carbocycles. The number of aromatic carboxylic acids is 1. The lowest BCUT2D eigenvalue weighted by molar-refractivity contribution is 0.0696. The van der Waals surface area contributed by atoms with Crippen molar-refractivity contribution < 1.29 is 23.5 Å². The van der Waals surface area contributed by atoms with Crippen LogP contribution in [0, 0.1) is 11.6 Å². The summed E-state index contributed by atoms with van der Waals surface area (Å²) in [5, 5.41) is 13.5. The number of halogens is 3. The van der Waals surface area contributed by atoms with Gasteiger partial charge in [-0.3, -0.25) is 4.79 Å². The number of amides is 1. The molecule has 0 bridgehead atoms. The predicted octanol–water partition coefficient (Wildman–Crippen LogP) is 7.48. The molecule has 5 aromatic rings. The maximum atomic E-state index is 14.0. The molecular formula is C31H23ClF2N2O3. The van der Waals surface area contributed by atoms with Crippen molar-refractivity contribution >= 4 is 34.4 Å². The van der Waals surface area contributed by atoms with Crippen molar-refractivity contribution in [2.45, 2.75) is 19.5 Å². The van der Waals surface area contributed by atoms with Crippen LogP contribution < -0.4 is 5.32 Å². The van der Waals surface area contributed by atoms with Crippen LogP contribution in [0.25, 0.3) is 22.0 Å². The van der Waals surface area contributed by atoms with E-state index < -0.39 is 23.6 Å². The maximum absolute atomic E-state index is 14.0. The van der Waals surface area contributed by atoms with Gasteiger partial charge in [0.2, 0.25) is 0 Å². The normalized spacial score (nSPS) is 11.9. The monoisotopic (exact) mass is 544 g/mol. The van der Waals surface area contributed by atoms with Crippen LogP contribution in [0.2, 0.25) is 5.02 Å². The molecule has 1 amide bonds. The first-order valence-electron chi connectivity index (χ1n) is 12.2. The van der Waals surface area contributed by atoms with E-state index in [4.69, 9.17) is 16.7 Å². The molecule has 5 nitrogen and oxygen atoms in total. The highest BCUT2D eigenvalue weighted by molar-refractivity contribution is 6.30. The minimum atomic E-state index is -1.03. The smallest absolute Gasteiger partial charge is 0.335 e. The van der Waals surface area contributed by atoms with Gasteiger partial charge in [-0.15, -0.1) is 0 Å². The highest BCUT2D eigenvalue weighted by atomic mass is 35.5. The number of hydrogen-bond acceptors (Lipinski definition) is 2. The molecule has 5 rings (SSSR count). The van der Waals surface area contributed by atoms with Gasteiger partial charge in [-0.05, 0) is 83.8 Å². The van der Waals surface area contributed by atoms with Gasteiger partial charge in [0.25, 0.3) is 5.91 Å². The average molecular weight is 545 g/mol. The van der Waals surface area contributed by atoms with E-state index in [2.05, 4.69) is 5.32 Å². The number of benzene rings is 4. The van der Waals surface area contributed by atoms with E-state index in [0.717, 1.165) is 28.6 Å². The fraction of sp³-hybridized carbons (Fsp3) is 0.0968. The third-order valence-electron chi connectivity index (χ3n) is 6.61. The molecule has 0 radical (unpaired) electrons. The van der Waals surface area contributed by atoms with E-state index in [-0.39, 0.29) is 11.5 Å². The number of nitrogens with zero attached hydrogens (tertiary/aromatic N) is 1. The van der Waals surface area contributed by atoms with Crippen LogP contribution in [0.1, 0.15) is 44.8 Å². The summed E-state index contributed by atoms with van der Waals surface area (Å²) in [4.78, 5) is 24.9. The van der Waals surface area contributed by atoms with Crippen LogP contribution in [0.3, 0.4) is 0 Å². The first-order chi connectivity index (χ1) is 18.7. The van der Waals surface area contributed by atoms with Crippen LogP contribution in [0.4, 0.5) is 8.78 Å². The summed E-state index contributed by atoms with van der Waals surface area (Å²) in [6.45, 7) is 2.26. The van der Waals surface area contributed by atoms with Gasteiger partial charge in [0.15, 0.2) is 11.6 Å². The summed E-state index contributed by atoms with van der Waals surface area (Å²) in [7, 11) is 0. The zero-order valence-electron chi connectivity index (χ0n) is 20.8. The molecule has 4 aromatic carbocycles. The van der Waals surface area contributed by atoms with Gasteiger partial charge in [0.05, 0.1) is 22.7 Å². The topological polar surface area (TPSA) is 71.3 Å². The van der Waals surface area contributed by atoms with Crippen molar-refractivity contribution in [2.75, 3.05) is 0 Å². The lowest BCUT2D eigenvalue weighted by atomic mass is 9.99. The molecule has 1 atom stereocenters. The Labute approximate surface area is 228 Å². The zero-order chi connectivity index (χ0) is 27.7. The molecule has 0 aliphatic heterocycles. The van der Waals surface area contributed by atoms with E-state index in [1.54, 1.807) is 31.2 Å². The zero-order valence-corrected chi connectivity index (χ0v) is 21.5. The van der Waals surface area contributed by atoms with Crippen LogP contribution in [-0.4, -0.2) is 21.6 Å². The highest BCUT2D eigenvalue weighted by Crippen LogP contribution is 2.31. The number of aromatic nitrogens is 1. The summed E-state index contributed by atoms with van der Waals surface area (Å²) in [5.74, 6) is -3.33. The SMILES string of the molecule is C[C@H](NC(=O)c1cc(-c2ccc(F)c(F)c2)cc2ccn(Cc3cccc(Cl)c3)c12)c1ccc(C(=O)O)cc1. The molecule has 0 spiro atoms. The molecule has 1 heterocycles. The molecule has 0 unspecified atom stereocenters. The van der Waals surface area contributed by atoms with Crippen molar-refractivity contribution in [2.24, 2.45) is 0 Å². The van der Waals surface area contributed by atoms with Crippen LogP contribution in [-0.2, 0) is 6.54 Å². The Bertz CT molecular complexity index is 1710. The van der Waals surface area contributed by atoms with E-state index in [1.165, 1.54) is 18.2 Å². The number of fused-ring (bicyclic) bond motifs is 1. The van der Waals surface area contributed by atoms with E-state index in [9.17, 15) is 18.4 Å². The molecule has 196 valence electrons. The third kappa shape index (κ3) is 5.54. The number of nitrogens with one attached hydrogen (secondary N) is 1. The van der Waals surface area contributed by atoms with Gasteiger partial charge in [-0.25, -0.2) is 13.6 Å². The molecule has 0 fully saturated rings. The Balaban J connectivity index is 1.56. The molecule has 0 saturated heterocycles. The Morgan fingerprint density at radius 3 is 2.38 bits per heavy atom. The Morgan fingerprint density at radius 1 is 0.923 bits per heavy atom. The van der Waals surface area contributed by atoms with Crippen LogP contribution in [0.15, 0.2) is 91.1 Å². The van der Waals surface area contributed by atoms with Gasteiger partial charge in [-0.1, -0.05) is 41.9 Å². The van der Waals surface area contributed by atoms with Crippen molar-refractivity contribution in [3.8, 4) is 11.1 Å². The average Bonchev–Trinajstić information content (AvgIpc) is 3.32. The van der Waals surface area contributed by atoms with Crippen molar-refractivity contribution in [3.63, 3.8) is 0 Å². The third-order valence-corrected chi connectivity index (χ3v) is 6.84. The molecule has 1 aromatic heterocycles. The second-order valence-electron chi connectivity index (χ2n) is 9.29. The first-order valence-corrected chi connectivity index (χ1v) is 12.5. The number of carbonyl (C=O) groups is 2. The molecular weight excluding hydrogens is 522 g/mol. The fourth-order valence-electron chi connectivity index (χ4n) is 4.60. The largest absolute Gasteiger partial charge is 0.478 e. The lowest BCUT2D eigenvalue weighted by Gasteiger charge is -2.17. The van der Waals surface area contributed by atoms with E-state index in [1.807, 2.05) is 41.1 Å². The van der Waals surface area contributed by atoms with Gasteiger partial charge in [-0.2, -0.15) is 0 Å². The van der Waals surface area contributed by atoms with Gasteiger partial charge < -0.3 is 15.0 Å². The summed E-state index contributed by atoms with van der Waals surface area (Å²) < 4.78 is 29.6. The number of rotatable bonds is 7. The summed E-state index contributed by atoms with van der Waals surface area (Å²) >= 11 is 6.18. The van der Waals surface area contributed by atoms with Crippen LogP contribution in [0.5, 0.6) is 0 Å². The lowest BCUT2D eigenvalue weighted by Crippen LogP contribution is -2.27. The highest BCUT2D eigenvalue weighted by Gasteiger charge is 2.19. The van der Waals surface area contributed by atoms with Crippen molar-refractivity contribution in [1.82, 2.24) is 9.88 Å². The van der Waals surface area contributed by atoms with Gasteiger partial charge in [0, 0.05) is 23.2 Å².